The normalized spacial score (nSPS) is 15.5. The molecule has 7 nitrogen and oxygen atoms in total. The third-order valence-corrected chi connectivity index (χ3v) is 3.58. The fraction of sp³-hybridized carbons (Fsp3) is 0.538. The largest absolute Gasteiger partial charge is 0.372 e. The molecule has 0 aliphatic heterocycles. The second-order valence-electron chi connectivity index (χ2n) is 5.12. The molecular weight excluding hydrogens is 260 g/mol. The van der Waals surface area contributed by atoms with Gasteiger partial charge in [0.25, 0.3) is 11.6 Å². The monoisotopic (exact) mass is 278 g/mol. The standard InChI is InChI=1S/C13H18N4O3/c1-8(9-3-4-9)6-16-13(18)11-5-10(17(19)20)7-15-12(11)14-2/h5,7-9H,3-4,6H2,1-2H3,(H,14,15)(H,16,18). The first-order chi connectivity index (χ1) is 9.52. The lowest BCUT2D eigenvalue weighted by molar-refractivity contribution is -0.385. The Kier molecular flexibility index (Phi) is 4.16. The highest BCUT2D eigenvalue weighted by Crippen LogP contribution is 2.36. The minimum atomic E-state index is -0.559. The number of hydrogen-bond donors (Lipinski definition) is 2. The molecule has 1 saturated carbocycles. The number of nitrogens with zero attached hydrogens (tertiary/aromatic N) is 2. The van der Waals surface area contributed by atoms with Crippen LogP contribution in [0.25, 0.3) is 0 Å². The third-order valence-electron chi connectivity index (χ3n) is 3.58. The summed E-state index contributed by atoms with van der Waals surface area (Å²) in [5.41, 5.74) is 0.00842. The van der Waals surface area contributed by atoms with Crippen molar-refractivity contribution in [2.24, 2.45) is 11.8 Å². The van der Waals surface area contributed by atoms with Gasteiger partial charge in [-0.05, 0) is 24.7 Å². The van der Waals surface area contributed by atoms with E-state index in [0.717, 1.165) is 6.20 Å². The van der Waals surface area contributed by atoms with E-state index in [1.54, 1.807) is 7.05 Å². The zero-order chi connectivity index (χ0) is 14.7. The van der Waals surface area contributed by atoms with Gasteiger partial charge < -0.3 is 10.6 Å². The van der Waals surface area contributed by atoms with Crippen molar-refractivity contribution in [2.45, 2.75) is 19.8 Å². The van der Waals surface area contributed by atoms with Crippen LogP contribution < -0.4 is 10.6 Å². The van der Waals surface area contributed by atoms with Crippen LogP contribution in [0.3, 0.4) is 0 Å². The lowest BCUT2D eigenvalue weighted by Crippen LogP contribution is -2.29. The summed E-state index contributed by atoms with van der Waals surface area (Å²) in [6, 6.07) is 1.25. The van der Waals surface area contributed by atoms with Crippen molar-refractivity contribution < 1.29 is 9.72 Å². The number of hydrogen-bond acceptors (Lipinski definition) is 5. The number of nitrogens with one attached hydrogen (secondary N) is 2. The second kappa shape index (κ2) is 5.85. The van der Waals surface area contributed by atoms with Crippen LogP contribution >= 0.6 is 0 Å². The molecule has 0 spiro atoms. The zero-order valence-electron chi connectivity index (χ0n) is 11.5. The fourth-order valence-electron chi connectivity index (χ4n) is 2.11. The van der Waals surface area contributed by atoms with Gasteiger partial charge in [-0.3, -0.25) is 14.9 Å². The van der Waals surface area contributed by atoms with Crippen molar-refractivity contribution in [1.29, 1.82) is 0 Å². The number of nitro groups is 1. The van der Waals surface area contributed by atoms with Gasteiger partial charge in [-0.2, -0.15) is 0 Å². The van der Waals surface area contributed by atoms with Gasteiger partial charge in [-0.25, -0.2) is 4.98 Å². The molecule has 2 rings (SSSR count). The fourth-order valence-corrected chi connectivity index (χ4v) is 2.11. The first kappa shape index (κ1) is 14.2. The molecule has 0 radical (unpaired) electrons. The average molecular weight is 278 g/mol. The molecular formula is C13H18N4O3. The van der Waals surface area contributed by atoms with Crippen LogP contribution in [-0.2, 0) is 0 Å². The molecule has 1 heterocycles. The SMILES string of the molecule is CNc1ncc([N+](=O)[O-])cc1C(=O)NCC(C)C1CC1. The summed E-state index contributed by atoms with van der Waals surface area (Å²) < 4.78 is 0. The lowest BCUT2D eigenvalue weighted by Gasteiger charge is -2.12. The number of carbonyl (C=O) groups excluding carboxylic acids is 1. The van der Waals surface area contributed by atoms with Crippen molar-refractivity contribution in [1.82, 2.24) is 10.3 Å². The molecule has 7 heteroatoms. The first-order valence-corrected chi connectivity index (χ1v) is 6.63. The van der Waals surface area contributed by atoms with Gasteiger partial charge in [0, 0.05) is 19.7 Å². The van der Waals surface area contributed by atoms with E-state index in [9.17, 15) is 14.9 Å². The van der Waals surface area contributed by atoms with Crippen LogP contribution in [0.4, 0.5) is 11.5 Å². The zero-order valence-corrected chi connectivity index (χ0v) is 11.5. The van der Waals surface area contributed by atoms with E-state index >= 15 is 0 Å². The molecule has 1 fully saturated rings. The summed E-state index contributed by atoms with van der Waals surface area (Å²) in [4.78, 5) is 26.2. The van der Waals surface area contributed by atoms with E-state index in [2.05, 4.69) is 22.5 Å². The summed E-state index contributed by atoms with van der Waals surface area (Å²) in [6.45, 7) is 2.68. The van der Waals surface area contributed by atoms with E-state index < -0.39 is 4.92 Å². The summed E-state index contributed by atoms with van der Waals surface area (Å²) in [7, 11) is 1.62. The molecule has 1 unspecified atom stereocenters. The molecule has 1 atom stereocenters. The molecule has 1 aromatic rings. The minimum absolute atomic E-state index is 0.190. The number of pyridine rings is 1. The van der Waals surface area contributed by atoms with Gasteiger partial charge in [-0.15, -0.1) is 0 Å². The molecule has 20 heavy (non-hydrogen) atoms. The van der Waals surface area contributed by atoms with E-state index in [1.807, 2.05) is 0 Å². The van der Waals surface area contributed by atoms with Gasteiger partial charge in [-0.1, -0.05) is 6.92 Å². The molecule has 1 aliphatic rings. The topological polar surface area (TPSA) is 97.2 Å². The Hall–Kier alpha value is -2.18. The molecule has 2 N–H and O–H groups in total. The maximum absolute atomic E-state index is 12.1. The van der Waals surface area contributed by atoms with Crippen LogP contribution in [0.2, 0.25) is 0 Å². The van der Waals surface area contributed by atoms with Crippen molar-refractivity contribution in [3.63, 3.8) is 0 Å². The number of rotatable bonds is 6. The summed E-state index contributed by atoms with van der Waals surface area (Å²) in [5.74, 6) is 1.14. The Morgan fingerprint density at radius 2 is 2.30 bits per heavy atom. The highest BCUT2D eigenvalue weighted by molar-refractivity contribution is 5.99. The molecule has 1 aliphatic carbocycles. The molecule has 0 saturated heterocycles. The second-order valence-corrected chi connectivity index (χ2v) is 5.12. The van der Waals surface area contributed by atoms with Crippen LogP contribution in [0.15, 0.2) is 12.3 Å². The third kappa shape index (κ3) is 3.23. The van der Waals surface area contributed by atoms with E-state index in [0.29, 0.717) is 24.2 Å². The van der Waals surface area contributed by atoms with Crippen molar-refractivity contribution in [3.05, 3.63) is 27.9 Å². The van der Waals surface area contributed by atoms with E-state index in [4.69, 9.17) is 0 Å². The number of anilines is 1. The molecule has 1 aromatic heterocycles. The van der Waals surface area contributed by atoms with Gasteiger partial charge in [0.15, 0.2) is 0 Å². The number of amides is 1. The summed E-state index contributed by atoms with van der Waals surface area (Å²) in [5, 5.41) is 16.3. The summed E-state index contributed by atoms with van der Waals surface area (Å²) in [6.07, 6.45) is 3.57. The van der Waals surface area contributed by atoms with E-state index in [1.165, 1.54) is 18.9 Å². The minimum Gasteiger partial charge on any atom is -0.372 e. The number of aromatic nitrogens is 1. The Bertz CT molecular complexity index is 528. The van der Waals surface area contributed by atoms with Crippen molar-refractivity contribution >= 4 is 17.4 Å². The predicted molar refractivity (Wildman–Crippen MR) is 74.7 cm³/mol. The van der Waals surface area contributed by atoms with Crippen molar-refractivity contribution in [3.8, 4) is 0 Å². The maximum Gasteiger partial charge on any atom is 0.288 e. The number of carbonyl (C=O) groups is 1. The van der Waals surface area contributed by atoms with Gasteiger partial charge in [0.2, 0.25) is 0 Å². The lowest BCUT2D eigenvalue weighted by atomic mass is 10.1. The van der Waals surface area contributed by atoms with Gasteiger partial charge in [0.05, 0.1) is 10.5 Å². The molecule has 108 valence electrons. The van der Waals surface area contributed by atoms with Crippen LogP contribution in [-0.4, -0.2) is 29.4 Å². The van der Waals surface area contributed by atoms with Crippen LogP contribution in [0.5, 0.6) is 0 Å². The Labute approximate surface area is 116 Å². The Morgan fingerprint density at radius 1 is 1.60 bits per heavy atom. The Morgan fingerprint density at radius 3 is 2.85 bits per heavy atom. The average Bonchev–Trinajstić information content (AvgIpc) is 3.28. The van der Waals surface area contributed by atoms with Crippen LogP contribution in [0, 0.1) is 22.0 Å². The summed E-state index contributed by atoms with van der Waals surface area (Å²) >= 11 is 0. The Balaban J connectivity index is 2.09. The smallest absolute Gasteiger partial charge is 0.288 e. The predicted octanol–water partition coefficient (Wildman–Crippen LogP) is 1.81. The molecule has 0 aromatic carbocycles. The van der Waals surface area contributed by atoms with Gasteiger partial charge >= 0.3 is 0 Å². The van der Waals surface area contributed by atoms with Crippen molar-refractivity contribution in [2.75, 3.05) is 18.9 Å². The molecule has 0 bridgehead atoms. The highest BCUT2D eigenvalue weighted by Gasteiger charge is 2.28. The van der Waals surface area contributed by atoms with Crippen LogP contribution in [0.1, 0.15) is 30.1 Å². The molecule has 1 amide bonds. The van der Waals surface area contributed by atoms with Gasteiger partial charge in [0.1, 0.15) is 12.0 Å². The first-order valence-electron chi connectivity index (χ1n) is 6.63. The highest BCUT2D eigenvalue weighted by atomic mass is 16.6. The maximum atomic E-state index is 12.1. The quantitative estimate of drug-likeness (QED) is 0.611. The van der Waals surface area contributed by atoms with E-state index in [-0.39, 0.29) is 17.2 Å².